The Balaban J connectivity index is 1.69. The molecule has 31 heavy (non-hydrogen) atoms. The summed E-state index contributed by atoms with van der Waals surface area (Å²) in [4.78, 5) is 24.2. The first kappa shape index (κ1) is 20.8. The highest BCUT2D eigenvalue weighted by Gasteiger charge is 2.43. The van der Waals surface area contributed by atoms with Gasteiger partial charge >= 0.3 is 0 Å². The minimum absolute atomic E-state index is 0.0315. The van der Waals surface area contributed by atoms with Crippen molar-refractivity contribution in [3.63, 3.8) is 0 Å². The molecule has 0 aromatic heterocycles. The second-order valence-corrected chi connectivity index (χ2v) is 8.37. The van der Waals surface area contributed by atoms with Gasteiger partial charge < -0.3 is 10.1 Å². The number of nitro groups is 1. The predicted molar refractivity (Wildman–Crippen MR) is 122 cm³/mol. The van der Waals surface area contributed by atoms with E-state index in [-0.39, 0.29) is 17.7 Å². The highest BCUT2D eigenvalue weighted by atomic mass is 16.6. The fourth-order valence-corrected chi connectivity index (χ4v) is 4.51. The predicted octanol–water partition coefficient (Wildman–Crippen LogP) is 5.99. The summed E-state index contributed by atoms with van der Waals surface area (Å²) in [5.41, 5.74) is 0.926. The number of nitrogens with one attached hydrogen (secondary N) is 1. The molecular formula is C25H26N2O4. The molecule has 3 aromatic rings. The smallest absolute Gasteiger partial charge is 0.269 e. The van der Waals surface area contributed by atoms with Crippen LogP contribution in [0.2, 0.25) is 0 Å². The van der Waals surface area contributed by atoms with Crippen molar-refractivity contribution in [2.45, 2.75) is 51.0 Å². The lowest BCUT2D eigenvalue weighted by Gasteiger charge is -2.28. The fourth-order valence-electron chi connectivity index (χ4n) is 4.51. The second-order valence-electron chi connectivity index (χ2n) is 8.37. The van der Waals surface area contributed by atoms with E-state index in [0.29, 0.717) is 0 Å². The average Bonchev–Trinajstić information content (AvgIpc) is 3.26. The molecule has 6 nitrogen and oxygen atoms in total. The lowest BCUT2D eigenvalue weighted by molar-refractivity contribution is -0.384. The van der Waals surface area contributed by atoms with Crippen molar-refractivity contribution in [3.8, 4) is 5.75 Å². The van der Waals surface area contributed by atoms with E-state index in [0.717, 1.165) is 53.5 Å². The van der Waals surface area contributed by atoms with E-state index < -0.39 is 10.3 Å². The van der Waals surface area contributed by atoms with Gasteiger partial charge in [-0.2, -0.15) is 0 Å². The van der Waals surface area contributed by atoms with Crippen molar-refractivity contribution in [2.24, 2.45) is 0 Å². The van der Waals surface area contributed by atoms with E-state index in [1.54, 1.807) is 12.1 Å². The molecule has 1 aliphatic rings. The van der Waals surface area contributed by atoms with Gasteiger partial charge in [0.2, 0.25) is 5.91 Å². The summed E-state index contributed by atoms with van der Waals surface area (Å²) >= 11 is 0. The van der Waals surface area contributed by atoms with Crippen LogP contribution in [0.4, 0.5) is 11.4 Å². The topological polar surface area (TPSA) is 81.5 Å². The molecule has 4 rings (SSSR count). The first-order valence-corrected chi connectivity index (χ1v) is 10.7. The SMILES string of the molecule is CC(C)Oc1ccc(NC(=O)C2(c3ccc([N+](=O)[O-])cc3)CCCC2)c2ccccc12. The Morgan fingerprint density at radius 1 is 1.00 bits per heavy atom. The molecule has 0 atom stereocenters. The van der Waals surface area contributed by atoms with Gasteiger partial charge in [-0.3, -0.25) is 14.9 Å². The van der Waals surface area contributed by atoms with Crippen molar-refractivity contribution in [1.82, 2.24) is 0 Å². The number of ether oxygens (including phenoxy) is 1. The monoisotopic (exact) mass is 418 g/mol. The number of hydrogen-bond acceptors (Lipinski definition) is 4. The number of carbonyl (C=O) groups is 1. The summed E-state index contributed by atoms with van der Waals surface area (Å²) in [7, 11) is 0. The van der Waals surface area contributed by atoms with Gasteiger partial charge in [0.05, 0.1) is 16.4 Å². The third kappa shape index (κ3) is 3.98. The number of amides is 1. The van der Waals surface area contributed by atoms with Crippen LogP contribution in [-0.2, 0) is 10.2 Å². The number of nitro benzene ring substituents is 1. The summed E-state index contributed by atoms with van der Waals surface area (Å²) in [6, 6.07) is 18.1. The number of anilines is 1. The van der Waals surface area contributed by atoms with E-state index >= 15 is 0 Å². The lowest BCUT2D eigenvalue weighted by Crippen LogP contribution is -2.38. The molecule has 1 amide bonds. The van der Waals surface area contributed by atoms with Gasteiger partial charge in [0.1, 0.15) is 5.75 Å². The van der Waals surface area contributed by atoms with Crippen LogP contribution in [0.5, 0.6) is 5.75 Å². The second kappa shape index (κ2) is 8.38. The van der Waals surface area contributed by atoms with E-state index in [2.05, 4.69) is 5.32 Å². The molecule has 3 aromatic carbocycles. The van der Waals surface area contributed by atoms with Crippen molar-refractivity contribution in [2.75, 3.05) is 5.32 Å². The molecular weight excluding hydrogens is 392 g/mol. The number of carbonyl (C=O) groups excluding carboxylic acids is 1. The van der Waals surface area contributed by atoms with E-state index in [9.17, 15) is 14.9 Å². The first-order valence-electron chi connectivity index (χ1n) is 10.7. The molecule has 0 saturated heterocycles. The molecule has 1 aliphatic carbocycles. The standard InChI is InChI=1S/C25H26N2O4/c1-17(2)31-23-14-13-22(20-7-3-4-8-21(20)23)26-24(28)25(15-5-6-16-25)18-9-11-19(12-10-18)27(29)30/h3-4,7-14,17H,5-6,15-16H2,1-2H3,(H,26,28). The first-order chi connectivity index (χ1) is 14.9. The Labute approximate surface area is 181 Å². The van der Waals surface area contributed by atoms with Crippen LogP contribution in [0.25, 0.3) is 10.8 Å². The van der Waals surface area contributed by atoms with Gasteiger partial charge in [0.15, 0.2) is 0 Å². The minimum atomic E-state index is -0.677. The van der Waals surface area contributed by atoms with Gasteiger partial charge in [-0.1, -0.05) is 49.2 Å². The third-order valence-corrected chi connectivity index (χ3v) is 6.02. The molecule has 6 heteroatoms. The maximum atomic E-state index is 13.6. The van der Waals surface area contributed by atoms with Gasteiger partial charge in [0.25, 0.3) is 5.69 Å². The molecule has 0 spiro atoms. The van der Waals surface area contributed by atoms with E-state index in [1.165, 1.54) is 12.1 Å². The van der Waals surface area contributed by atoms with Crippen LogP contribution in [0.15, 0.2) is 60.7 Å². The highest BCUT2D eigenvalue weighted by Crippen LogP contribution is 2.43. The van der Waals surface area contributed by atoms with E-state index in [4.69, 9.17) is 4.74 Å². The summed E-state index contributed by atoms with van der Waals surface area (Å²) in [6.07, 6.45) is 3.40. The molecule has 0 unspecified atom stereocenters. The minimum Gasteiger partial charge on any atom is -0.490 e. The highest BCUT2D eigenvalue weighted by molar-refractivity contribution is 6.07. The fraction of sp³-hybridized carbons (Fsp3) is 0.320. The van der Waals surface area contributed by atoms with Gasteiger partial charge in [-0.05, 0) is 44.4 Å². The van der Waals surface area contributed by atoms with Crippen molar-refractivity contribution < 1.29 is 14.5 Å². The van der Waals surface area contributed by atoms with Crippen LogP contribution >= 0.6 is 0 Å². The number of rotatable bonds is 6. The number of fused-ring (bicyclic) bond motifs is 1. The van der Waals surface area contributed by atoms with Crippen LogP contribution < -0.4 is 10.1 Å². The van der Waals surface area contributed by atoms with Crippen LogP contribution in [0.1, 0.15) is 45.1 Å². The van der Waals surface area contributed by atoms with Gasteiger partial charge in [0, 0.05) is 28.6 Å². The van der Waals surface area contributed by atoms with Crippen molar-refractivity contribution >= 4 is 28.1 Å². The summed E-state index contributed by atoms with van der Waals surface area (Å²) in [6.45, 7) is 3.97. The quantitative estimate of drug-likeness (QED) is 0.394. The van der Waals surface area contributed by atoms with Crippen LogP contribution in [-0.4, -0.2) is 16.9 Å². The summed E-state index contributed by atoms with van der Waals surface area (Å²) in [5, 5.41) is 16.0. The van der Waals surface area contributed by atoms with Crippen molar-refractivity contribution in [3.05, 3.63) is 76.3 Å². The third-order valence-electron chi connectivity index (χ3n) is 6.02. The molecule has 1 saturated carbocycles. The molecule has 0 heterocycles. The maximum Gasteiger partial charge on any atom is 0.269 e. The van der Waals surface area contributed by atoms with Gasteiger partial charge in [-0.25, -0.2) is 0 Å². The zero-order valence-corrected chi connectivity index (χ0v) is 17.8. The van der Waals surface area contributed by atoms with Crippen LogP contribution in [0, 0.1) is 10.1 Å². The average molecular weight is 418 g/mol. The van der Waals surface area contributed by atoms with Gasteiger partial charge in [-0.15, -0.1) is 0 Å². The summed E-state index contributed by atoms with van der Waals surface area (Å²) < 4.78 is 5.94. The molecule has 0 radical (unpaired) electrons. The zero-order chi connectivity index (χ0) is 22.0. The molecule has 0 aliphatic heterocycles. The number of benzene rings is 3. The number of hydrogen-bond donors (Lipinski definition) is 1. The lowest BCUT2D eigenvalue weighted by atomic mass is 9.78. The summed E-state index contributed by atoms with van der Waals surface area (Å²) in [5.74, 6) is 0.719. The largest absolute Gasteiger partial charge is 0.490 e. The van der Waals surface area contributed by atoms with Crippen LogP contribution in [0.3, 0.4) is 0 Å². The Kier molecular flexibility index (Phi) is 5.63. The normalized spacial score (nSPS) is 15.2. The Hall–Kier alpha value is -3.41. The Morgan fingerprint density at radius 3 is 2.26 bits per heavy atom. The molecule has 1 N–H and O–H groups in total. The molecule has 0 bridgehead atoms. The van der Waals surface area contributed by atoms with Crippen molar-refractivity contribution in [1.29, 1.82) is 0 Å². The Bertz CT molecular complexity index is 1120. The van der Waals surface area contributed by atoms with E-state index in [1.807, 2.05) is 50.2 Å². The zero-order valence-electron chi connectivity index (χ0n) is 17.8. The number of nitrogens with zero attached hydrogens (tertiary/aromatic N) is 1. The number of non-ortho nitro benzene ring substituents is 1. The molecule has 160 valence electrons. The maximum absolute atomic E-state index is 13.6. The Morgan fingerprint density at radius 2 is 1.65 bits per heavy atom. The molecule has 1 fully saturated rings.